The lowest BCUT2D eigenvalue weighted by molar-refractivity contribution is -0.127. The van der Waals surface area contributed by atoms with Crippen molar-refractivity contribution < 1.29 is 9.59 Å². The second kappa shape index (κ2) is 7.37. The molecule has 6 heteroatoms. The number of carbonyl (C=O) groups excluding carboxylic acids is 2. The van der Waals surface area contributed by atoms with Crippen LogP contribution in [0.15, 0.2) is 67.0 Å². The molecule has 1 aliphatic heterocycles. The van der Waals surface area contributed by atoms with Gasteiger partial charge in [0.1, 0.15) is 11.2 Å². The summed E-state index contributed by atoms with van der Waals surface area (Å²) in [4.78, 5) is 36.5. The fourth-order valence-electron chi connectivity index (χ4n) is 4.06. The number of aromatic nitrogens is 2. The molecule has 5 rings (SSSR count). The van der Waals surface area contributed by atoms with E-state index in [0.717, 1.165) is 17.5 Å². The molecule has 1 N–H and O–H groups in total. The molecule has 1 aromatic carbocycles. The maximum absolute atomic E-state index is 13.1. The van der Waals surface area contributed by atoms with E-state index in [9.17, 15) is 9.59 Å². The normalized spacial score (nSPS) is 16.3. The predicted molar refractivity (Wildman–Crippen MR) is 112 cm³/mol. The number of nitrogens with one attached hydrogen (secondary N) is 1. The number of carbonyl (C=O) groups is 2. The van der Waals surface area contributed by atoms with Crippen LogP contribution in [0.5, 0.6) is 0 Å². The number of nitrogens with zero attached hydrogens (tertiary/aromatic N) is 3. The molecular formula is C24H22N4O2. The first-order valence-corrected chi connectivity index (χ1v) is 10.2. The SMILES string of the molecule is O=C1c2nc(-c3cccnc3)ccc2CN1C1(C(=O)NCCc2ccccc2)CC1. The van der Waals surface area contributed by atoms with Gasteiger partial charge in [-0.1, -0.05) is 36.4 Å². The molecule has 2 aromatic heterocycles. The van der Waals surface area contributed by atoms with Crippen LogP contribution in [0.25, 0.3) is 11.3 Å². The van der Waals surface area contributed by atoms with Crippen molar-refractivity contribution in [3.05, 3.63) is 83.8 Å². The lowest BCUT2D eigenvalue weighted by Gasteiger charge is -2.26. The largest absolute Gasteiger partial charge is 0.354 e. The molecule has 1 fully saturated rings. The molecule has 2 aliphatic rings. The monoisotopic (exact) mass is 398 g/mol. The van der Waals surface area contributed by atoms with E-state index in [1.807, 2.05) is 54.6 Å². The second-order valence-electron chi connectivity index (χ2n) is 7.86. The third kappa shape index (κ3) is 3.24. The molecule has 0 radical (unpaired) electrons. The number of hydrogen-bond donors (Lipinski definition) is 1. The van der Waals surface area contributed by atoms with E-state index in [-0.39, 0.29) is 11.8 Å². The van der Waals surface area contributed by atoms with Crippen LogP contribution in [0.2, 0.25) is 0 Å². The Labute approximate surface area is 175 Å². The zero-order valence-corrected chi connectivity index (χ0v) is 16.5. The average Bonchev–Trinajstić information content (AvgIpc) is 3.54. The van der Waals surface area contributed by atoms with Gasteiger partial charge in [0.15, 0.2) is 0 Å². The van der Waals surface area contributed by atoms with Gasteiger partial charge in [-0.05, 0) is 43.0 Å². The predicted octanol–water partition coefficient (Wildman–Crippen LogP) is 2.99. The molecule has 150 valence electrons. The highest BCUT2D eigenvalue weighted by atomic mass is 16.2. The van der Waals surface area contributed by atoms with Gasteiger partial charge in [-0.2, -0.15) is 0 Å². The molecule has 6 nitrogen and oxygen atoms in total. The molecule has 2 amide bonds. The summed E-state index contributed by atoms with van der Waals surface area (Å²) in [5.74, 6) is -0.224. The third-order valence-corrected chi connectivity index (χ3v) is 5.92. The van der Waals surface area contributed by atoms with E-state index in [4.69, 9.17) is 0 Å². The summed E-state index contributed by atoms with van der Waals surface area (Å²) in [7, 11) is 0. The summed E-state index contributed by atoms with van der Waals surface area (Å²) in [5.41, 5.74) is 3.35. The van der Waals surface area contributed by atoms with E-state index >= 15 is 0 Å². The van der Waals surface area contributed by atoms with Gasteiger partial charge >= 0.3 is 0 Å². The Balaban J connectivity index is 1.29. The third-order valence-electron chi connectivity index (χ3n) is 5.92. The van der Waals surface area contributed by atoms with Gasteiger partial charge in [-0.15, -0.1) is 0 Å². The highest BCUT2D eigenvalue weighted by molar-refractivity contribution is 6.02. The number of benzene rings is 1. The van der Waals surface area contributed by atoms with E-state index in [1.165, 1.54) is 5.56 Å². The molecule has 0 bridgehead atoms. The van der Waals surface area contributed by atoms with Crippen LogP contribution >= 0.6 is 0 Å². The highest BCUT2D eigenvalue weighted by Crippen LogP contribution is 2.46. The van der Waals surface area contributed by atoms with Crippen LogP contribution < -0.4 is 5.32 Å². The number of pyridine rings is 2. The smallest absolute Gasteiger partial charge is 0.274 e. The Kier molecular flexibility index (Phi) is 4.54. The molecule has 30 heavy (non-hydrogen) atoms. The first-order valence-electron chi connectivity index (χ1n) is 10.2. The number of hydrogen-bond acceptors (Lipinski definition) is 4. The van der Waals surface area contributed by atoms with Gasteiger partial charge in [-0.25, -0.2) is 4.98 Å². The summed E-state index contributed by atoms with van der Waals surface area (Å²) in [6, 6.07) is 17.7. The molecule has 0 unspecified atom stereocenters. The Morgan fingerprint density at radius 3 is 2.63 bits per heavy atom. The molecule has 1 aliphatic carbocycles. The van der Waals surface area contributed by atoms with Crippen molar-refractivity contribution in [3.63, 3.8) is 0 Å². The van der Waals surface area contributed by atoms with Gasteiger partial charge in [0.2, 0.25) is 5.91 Å². The van der Waals surface area contributed by atoms with E-state index in [1.54, 1.807) is 17.3 Å². The zero-order valence-electron chi connectivity index (χ0n) is 16.5. The highest BCUT2D eigenvalue weighted by Gasteiger charge is 2.58. The van der Waals surface area contributed by atoms with Crippen molar-refractivity contribution in [3.8, 4) is 11.3 Å². The van der Waals surface area contributed by atoms with Crippen LogP contribution in [-0.2, 0) is 17.8 Å². The Morgan fingerprint density at radius 2 is 1.90 bits per heavy atom. The molecule has 1 saturated carbocycles. The van der Waals surface area contributed by atoms with E-state index in [2.05, 4.69) is 15.3 Å². The van der Waals surface area contributed by atoms with Gasteiger partial charge in [0, 0.05) is 36.6 Å². The Morgan fingerprint density at radius 1 is 1.07 bits per heavy atom. The van der Waals surface area contributed by atoms with Gasteiger partial charge < -0.3 is 10.2 Å². The molecule has 3 aromatic rings. The quantitative estimate of drug-likeness (QED) is 0.693. The fourth-order valence-corrected chi connectivity index (χ4v) is 4.06. The van der Waals surface area contributed by atoms with Crippen LogP contribution in [0, 0.1) is 0 Å². The lowest BCUT2D eigenvalue weighted by atomic mass is 10.1. The van der Waals surface area contributed by atoms with Gasteiger partial charge in [0.05, 0.1) is 5.69 Å². The number of rotatable bonds is 6. The first kappa shape index (κ1) is 18.5. The minimum absolute atomic E-state index is 0.0629. The summed E-state index contributed by atoms with van der Waals surface area (Å²) >= 11 is 0. The van der Waals surface area contributed by atoms with Crippen molar-refractivity contribution in [2.75, 3.05) is 6.54 Å². The fraction of sp³-hybridized carbons (Fsp3) is 0.250. The van der Waals surface area contributed by atoms with Crippen molar-refractivity contribution in [1.82, 2.24) is 20.2 Å². The molecule has 0 atom stereocenters. The van der Waals surface area contributed by atoms with Crippen molar-refractivity contribution in [1.29, 1.82) is 0 Å². The number of amides is 2. The van der Waals surface area contributed by atoms with Crippen LogP contribution in [0.1, 0.15) is 34.5 Å². The van der Waals surface area contributed by atoms with E-state index < -0.39 is 5.54 Å². The molecular weight excluding hydrogens is 376 g/mol. The maximum Gasteiger partial charge on any atom is 0.274 e. The minimum atomic E-state index is -0.733. The molecule has 0 saturated heterocycles. The summed E-state index contributed by atoms with van der Waals surface area (Å²) in [5, 5.41) is 3.03. The van der Waals surface area contributed by atoms with Crippen LogP contribution in [0.4, 0.5) is 0 Å². The minimum Gasteiger partial charge on any atom is -0.354 e. The Bertz CT molecular complexity index is 1090. The molecule has 3 heterocycles. The summed E-state index contributed by atoms with van der Waals surface area (Å²) < 4.78 is 0. The number of fused-ring (bicyclic) bond motifs is 1. The molecule has 0 spiro atoms. The van der Waals surface area contributed by atoms with Gasteiger partial charge in [0.25, 0.3) is 5.91 Å². The van der Waals surface area contributed by atoms with Crippen LogP contribution in [0.3, 0.4) is 0 Å². The zero-order chi connectivity index (χ0) is 20.6. The maximum atomic E-state index is 13.1. The van der Waals surface area contributed by atoms with Crippen LogP contribution in [-0.4, -0.2) is 38.8 Å². The lowest BCUT2D eigenvalue weighted by Crippen LogP contribution is -2.49. The summed E-state index contributed by atoms with van der Waals surface area (Å²) in [6.07, 6.45) is 5.59. The topological polar surface area (TPSA) is 75.2 Å². The van der Waals surface area contributed by atoms with Crippen molar-refractivity contribution in [2.24, 2.45) is 0 Å². The van der Waals surface area contributed by atoms with Crippen molar-refractivity contribution in [2.45, 2.75) is 31.3 Å². The summed E-state index contributed by atoms with van der Waals surface area (Å²) in [6.45, 7) is 0.990. The second-order valence-corrected chi connectivity index (χ2v) is 7.86. The average molecular weight is 398 g/mol. The van der Waals surface area contributed by atoms with Crippen molar-refractivity contribution >= 4 is 11.8 Å². The Hall–Kier alpha value is -3.54. The standard InChI is InChI=1S/C24H22N4O2/c29-22-21-19(8-9-20(27-21)18-7-4-13-25-15-18)16-28(22)24(11-12-24)23(30)26-14-10-17-5-2-1-3-6-17/h1-9,13,15H,10-12,14,16H2,(H,26,30). The van der Waals surface area contributed by atoms with Gasteiger partial charge in [-0.3, -0.25) is 14.6 Å². The first-order chi connectivity index (χ1) is 14.7. The van der Waals surface area contributed by atoms with E-state index in [0.29, 0.717) is 37.3 Å².